The topological polar surface area (TPSA) is 54.0 Å². The molecule has 0 saturated carbocycles. The molecule has 0 fully saturated rings. The molecule has 1 aromatic carbocycles. The summed E-state index contributed by atoms with van der Waals surface area (Å²) in [5.74, 6) is 0.0257. The van der Waals surface area contributed by atoms with Crippen molar-refractivity contribution in [2.24, 2.45) is 5.92 Å². The lowest BCUT2D eigenvalue weighted by Gasteiger charge is -2.09. The van der Waals surface area contributed by atoms with Gasteiger partial charge in [-0.1, -0.05) is 26.0 Å². The first-order valence-corrected chi connectivity index (χ1v) is 7.94. The first-order chi connectivity index (χ1) is 10.0. The quantitative estimate of drug-likeness (QED) is 0.860. The minimum absolute atomic E-state index is 0.0142. The second-order valence-electron chi connectivity index (χ2n) is 5.31. The second-order valence-corrected chi connectivity index (χ2v) is 6.37. The Balaban J connectivity index is 1.87. The normalized spacial score (nSPS) is 10.9. The van der Waals surface area contributed by atoms with Gasteiger partial charge in [0.1, 0.15) is 0 Å². The maximum Gasteiger partial charge on any atom is 0.226 e. The van der Waals surface area contributed by atoms with Crippen molar-refractivity contribution in [1.29, 1.82) is 0 Å². The number of aromatic nitrogens is 1. The lowest BCUT2D eigenvalue weighted by molar-refractivity contribution is -0.118. The summed E-state index contributed by atoms with van der Waals surface area (Å²) in [6, 6.07) is 7.91. The fourth-order valence-corrected chi connectivity index (χ4v) is 2.48. The molecule has 5 heteroatoms. The van der Waals surface area contributed by atoms with Crippen molar-refractivity contribution in [3.05, 3.63) is 45.9 Å². The number of hydrogen-bond donors (Lipinski definition) is 2. The SMILES string of the molecule is Cc1nc(CNCc2cccc(NC(=O)C(C)C)c2)cs1. The van der Waals surface area contributed by atoms with Gasteiger partial charge >= 0.3 is 0 Å². The molecule has 2 N–H and O–H groups in total. The smallest absolute Gasteiger partial charge is 0.226 e. The predicted molar refractivity (Wildman–Crippen MR) is 87.3 cm³/mol. The summed E-state index contributed by atoms with van der Waals surface area (Å²) in [5, 5.41) is 9.44. The monoisotopic (exact) mass is 303 g/mol. The fourth-order valence-electron chi connectivity index (χ4n) is 1.87. The molecule has 2 rings (SSSR count). The highest BCUT2D eigenvalue weighted by Crippen LogP contribution is 2.12. The number of thiazole rings is 1. The number of hydrogen-bond acceptors (Lipinski definition) is 4. The number of nitrogens with zero attached hydrogens (tertiary/aromatic N) is 1. The summed E-state index contributed by atoms with van der Waals surface area (Å²) < 4.78 is 0. The van der Waals surface area contributed by atoms with E-state index in [1.807, 2.05) is 45.0 Å². The van der Waals surface area contributed by atoms with Crippen LogP contribution in [0.1, 0.15) is 30.1 Å². The molecule has 21 heavy (non-hydrogen) atoms. The number of benzene rings is 1. The first kappa shape index (κ1) is 15.7. The largest absolute Gasteiger partial charge is 0.326 e. The third-order valence-corrected chi connectivity index (χ3v) is 3.84. The molecule has 1 heterocycles. The Morgan fingerprint density at radius 1 is 1.33 bits per heavy atom. The average molecular weight is 303 g/mol. The van der Waals surface area contributed by atoms with Crippen LogP contribution in [0.4, 0.5) is 5.69 Å². The number of aryl methyl sites for hydroxylation is 1. The van der Waals surface area contributed by atoms with E-state index in [0.717, 1.165) is 35.0 Å². The molecule has 0 spiro atoms. The minimum Gasteiger partial charge on any atom is -0.326 e. The maximum atomic E-state index is 11.7. The summed E-state index contributed by atoms with van der Waals surface area (Å²) in [6.07, 6.45) is 0. The Bertz CT molecular complexity index is 607. The highest BCUT2D eigenvalue weighted by molar-refractivity contribution is 7.09. The predicted octanol–water partition coefficient (Wildman–Crippen LogP) is 3.34. The van der Waals surface area contributed by atoms with Gasteiger partial charge in [-0.15, -0.1) is 11.3 Å². The van der Waals surface area contributed by atoms with Gasteiger partial charge in [0.15, 0.2) is 0 Å². The molecule has 0 saturated heterocycles. The van der Waals surface area contributed by atoms with Crippen LogP contribution in [0.15, 0.2) is 29.6 Å². The molecule has 0 aliphatic heterocycles. The lowest BCUT2D eigenvalue weighted by atomic mass is 10.1. The molecule has 1 aromatic heterocycles. The second kappa shape index (κ2) is 7.33. The summed E-state index contributed by atoms with van der Waals surface area (Å²) in [5.41, 5.74) is 3.06. The van der Waals surface area contributed by atoms with Crippen molar-refractivity contribution in [1.82, 2.24) is 10.3 Å². The van der Waals surface area contributed by atoms with Crippen LogP contribution in [-0.4, -0.2) is 10.9 Å². The van der Waals surface area contributed by atoms with Gasteiger partial charge in [-0.3, -0.25) is 4.79 Å². The molecule has 0 radical (unpaired) electrons. The lowest BCUT2D eigenvalue weighted by Crippen LogP contribution is -2.18. The summed E-state index contributed by atoms with van der Waals surface area (Å²) in [6.45, 7) is 7.29. The van der Waals surface area contributed by atoms with Crippen LogP contribution in [0, 0.1) is 12.8 Å². The van der Waals surface area contributed by atoms with E-state index in [0.29, 0.717) is 0 Å². The molecule has 0 atom stereocenters. The molecular weight excluding hydrogens is 282 g/mol. The Morgan fingerprint density at radius 3 is 2.81 bits per heavy atom. The van der Waals surface area contributed by atoms with E-state index < -0.39 is 0 Å². The highest BCUT2D eigenvalue weighted by atomic mass is 32.1. The van der Waals surface area contributed by atoms with Crippen molar-refractivity contribution < 1.29 is 4.79 Å². The van der Waals surface area contributed by atoms with Gasteiger partial charge in [0.25, 0.3) is 0 Å². The van der Waals surface area contributed by atoms with Crippen molar-refractivity contribution >= 4 is 22.9 Å². The van der Waals surface area contributed by atoms with E-state index >= 15 is 0 Å². The van der Waals surface area contributed by atoms with Crippen LogP contribution in [-0.2, 0) is 17.9 Å². The zero-order valence-electron chi connectivity index (χ0n) is 12.6. The van der Waals surface area contributed by atoms with Crippen LogP contribution in [0.5, 0.6) is 0 Å². The van der Waals surface area contributed by atoms with Gasteiger partial charge in [0.2, 0.25) is 5.91 Å². The highest BCUT2D eigenvalue weighted by Gasteiger charge is 2.07. The summed E-state index contributed by atoms with van der Waals surface area (Å²) >= 11 is 1.66. The zero-order chi connectivity index (χ0) is 15.2. The van der Waals surface area contributed by atoms with E-state index in [2.05, 4.69) is 21.0 Å². The van der Waals surface area contributed by atoms with Crippen LogP contribution in [0.25, 0.3) is 0 Å². The molecule has 0 aliphatic carbocycles. The third kappa shape index (κ3) is 4.95. The van der Waals surface area contributed by atoms with Gasteiger partial charge in [0, 0.05) is 30.1 Å². The van der Waals surface area contributed by atoms with Crippen molar-refractivity contribution in [3.63, 3.8) is 0 Å². The number of nitrogens with one attached hydrogen (secondary N) is 2. The molecule has 0 unspecified atom stereocenters. The van der Waals surface area contributed by atoms with E-state index in [9.17, 15) is 4.79 Å². The van der Waals surface area contributed by atoms with Gasteiger partial charge in [-0.25, -0.2) is 4.98 Å². The van der Waals surface area contributed by atoms with Crippen molar-refractivity contribution in [2.45, 2.75) is 33.9 Å². The van der Waals surface area contributed by atoms with E-state index in [4.69, 9.17) is 0 Å². The Labute approximate surface area is 129 Å². The first-order valence-electron chi connectivity index (χ1n) is 7.06. The molecule has 1 amide bonds. The number of amides is 1. The van der Waals surface area contributed by atoms with E-state index in [-0.39, 0.29) is 11.8 Å². The molecule has 0 aliphatic rings. The Kier molecular flexibility index (Phi) is 5.47. The molecule has 4 nitrogen and oxygen atoms in total. The standard InChI is InChI=1S/C16H21N3OS/c1-11(2)16(20)19-14-6-4-5-13(7-14)8-17-9-15-10-21-12(3)18-15/h4-7,10-11,17H,8-9H2,1-3H3,(H,19,20). The molecule has 0 bridgehead atoms. The third-order valence-electron chi connectivity index (χ3n) is 3.02. The minimum atomic E-state index is -0.0142. The summed E-state index contributed by atoms with van der Waals surface area (Å²) in [7, 11) is 0. The molecular formula is C16H21N3OS. The van der Waals surface area contributed by atoms with E-state index in [1.54, 1.807) is 11.3 Å². The van der Waals surface area contributed by atoms with Crippen molar-refractivity contribution in [2.75, 3.05) is 5.32 Å². The molecule has 112 valence electrons. The van der Waals surface area contributed by atoms with E-state index in [1.165, 1.54) is 0 Å². The number of carbonyl (C=O) groups excluding carboxylic acids is 1. The van der Waals surface area contributed by atoms with Crippen LogP contribution in [0.2, 0.25) is 0 Å². The van der Waals surface area contributed by atoms with Gasteiger partial charge in [-0.05, 0) is 24.6 Å². The van der Waals surface area contributed by atoms with Gasteiger partial charge in [-0.2, -0.15) is 0 Å². The Morgan fingerprint density at radius 2 is 2.14 bits per heavy atom. The number of carbonyl (C=O) groups is 1. The van der Waals surface area contributed by atoms with Gasteiger partial charge < -0.3 is 10.6 Å². The summed E-state index contributed by atoms with van der Waals surface area (Å²) in [4.78, 5) is 16.1. The van der Waals surface area contributed by atoms with Gasteiger partial charge in [0.05, 0.1) is 10.7 Å². The van der Waals surface area contributed by atoms with Crippen LogP contribution in [0.3, 0.4) is 0 Å². The molecule has 2 aromatic rings. The average Bonchev–Trinajstić information content (AvgIpc) is 2.85. The fraction of sp³-hybridized carbons (Fsp3) is 0.375. The van der Waals surface area contributed by atoms with Crippen LogP contribution >= 0.6 is 11.3 Å². The van der Waals surface area contributed by atoms with Crippen molar-refractivity contribution in [3.8, 4) is 0 Å². The van der Waals surface area contributed by atoms with Crippen LogP contribution < -0.4 is 10.6 Å². The Hall–Kier alpha value is -1.72. The maximum absolute atomic E-state index is 11.7. The zero-order valence-corrected chi connectivity index (χ0v) is 13.5. The number of rotatable bonds is 6. The number of anilines is 1.